The Morgan fingerprint density at radius 2 is 1.83 bits per heavy atom. The van der Waals surface area contributed by atoms with Crippen molar-refractivity contribution in [3.05, 3.63) is 0 Å². The van der Waals surface area contributed by atoms with Crippen molar-refractivity contribution in [1.82, 2.24) is 10.2 Å². The third-order valence-corrected chi connectivity index (χ3v) is 3.30. The molecule has 0 fully saturated rings. The molecule has 1 unspecified atom stereocenters. The first-order chi connectivity index (χ1) is 8.28. The van der Waals surface area contributed by atoms with Crippen LogP contribution in [-0.4, -0.2) is 38.1 Å². The minimum Gasteiger partial charge on any atom is -0.312 e. The fraction of sp³-hybridized carbons (Fsp3) is 0.933. The van der Waals surface area contributed by atoms with Gasteiger partial charge in [0, 0.05) is 12.6 Å². The number of hydrogen-bond acceptors (Lipinski definition) is 3. The molecule has 0 spiro atoms. The summed E-state index contributed by atoms with van der Waals surface area (Å²) in [6.07, 6.45) is 3.27. The molecule has 3 heteroatoms. The molecule has 0 aliphatic carbocycles. The Labute approximate surface area is 114 Å². The third-order valence-electron chi connectivity index (χ3n) is 3.30. The number of nitriles is 1. The minimum absolute atomic E-state index is 0.166. The summed E-state index contributed by atoms with van der Waals surface area (Å²) < 4.78 is 0. The zero-order chi connectivity index (χ0) is 14.2. The van der Waals surface area contributed by atoms with E-state index in [1.807, 2.05) is 13.8 Å². The maximum absolute atomic E-state index is 8.94. The average molecular weight is 253 g/mol. The van der Waals surface area contributed by atoms with Gasteiger partial charge < -0.3 is 10.2 Å². The Hall–Kier alpha value is -0.590. The van der Waals surface area contributed by atoms with Gasteiger partial charge in [0.05, 0.1) is 11.5 Å². The van der Waals surface area contributed by atoms with Crippen molar-refractivity contribution in [1.29, 1.82) is 5.26 Å². The van der Waals surface area contributed by atoms with Crippen LogP contribution in [0.4, 0.5) is 0 Å². The van der Waals surface area contributed by atoms with Gasteiger partial charge in [-0.3, -0.25) is 0 Å². The molecule has 0 aromatic carbocycles. The molecule has 0 aromatic heterocycles. The van der Waals surface area contributed by atoms with Crippen molar-refractivity contribution in [2.75, 3.05) is 27.2 Å². The molecule has 0 saturated carbocycles. The van der Waals surface area contributed by atoms with E-state index in [9.17, 15) is 0 Å². The lowest BCUT2D eigenvalue weighted by molar-refractivity contribution is 0.286. The van der Waals surface area contributed by atoms with E-state index < -0.39 is 0 Å². The maximum atomic E-state index is 8.94. The molecular weight excluding hydrogens is 222 g/mol. The van der Waals surface area contributed by atoms with E-state index in [4.69, 9.17) is 5.26 Å². The summed E-state index contributed by atoms with van der Waals surface area (Å²) >= 11 is 0. The minimum atomic E-state index is -0.166. The molecule has 0 aliphatic rings. The highest BCUT2D eigenvalue weighted by Crippen LogP contribution is 2.21. The van der Waals surface area contributed by atoms with Crippen LogP contribution in [0.3, 0.4) is 0 Å². The smallest absolute Gasteiger partial charge is 0.0683 e. The number of likely N-dealkylation sites (N-methyl/N-ethyl adjacent to an activating group) is 1. The Kier molecular flexibility index (Phi) is 8.22. The fourth-order valence-electron chi connectivity index (χ4n) is 1.94. The van der Waals surface area contributed by atoms with Crippen LogP contribution in [0.5, 0.6) is 0 Å². The summed E-state index contributed by atoms with van der Waals surface area (Å²) in [6.45, 7) is 10.7. The van der Waals surface area contributed by atoms with Crippen LogP contribution in [0.25, 0.3) is 0 Å². The third kappa shape index (κ3) is 8.49. The van der Waals surface area contributed by atoms with Crippen LogP contribution in [0.2, 0.25) is 0 Å². The molecule has 3 nitrogen and oxygen atoms in total. The Morgan fingerprint density at radius 1 is 1.22 bits per heavy atom. The Balaban J connectivity index is 3.78. The van der Waals surface area contributed by atoms with Gasteiger partial charge in [0.2, 0.25) is 0 Å². The number of hydrogen-bond donors (Lipinski definition) is 1. The van der Waals surface area contributed by atoms with E-state index >= 15 is 0 Å². The predicted molar refractivity (Wildman–Crippen MR) is 78.4 cm³/mol. The second kappa shape index (κ2) is 8.50. The normalized spacial score (nSPS) is 13.9. The van der Waals surface area contributed by atoms with Crippen LogP contribution >= 0.6 is 0 Å². The second-order valence-electron chi connectivity index (χ2n) is 6.52. The van der Waals surface area contributed by atoms with Crippen LogP contribution in [-0.2, 0) is 0 Å². The molecule has 106 valence electrons. The topological polar surface area (TPSA) is 39.1 Å². The van der Waals surface area contributed by atoms with E-state index in [0.29, 0.717) is 12.0 Å². The highest BCUT2D eigenvalue weighted by Gasteiger charge is 2.16. The maximum Gasteiger partial charge on any atom is 0.0683 e. The van der Waals surface area contributed by atoms with Gasteiger partial charge in [-0.25, -0.2) is 0 Å². The molecule has 0 bridgehead atoms. The lowest BCUT2D eigenvalue weighted by atomic mass is 9.89. The lowest BCUT2D eigenvalue weighted by Crippen LogP contribution is -2.42. The van der Waals surface area contributed by atoms with Crippen LogP contribution < -0.4 is 5.32 Å². The summed E-state index contributed by atoms with van der Waals surface area (Å²) in [5.41, 5.74) is -0.166. The molecule has 0 rings (SSSR count). The van der Waals surface area contributed by atoms with Crippen LogP contribution in [0.15, 0.2) is 0 Å². The van der Waals surface area contributed by atoms with Crippen molar-refractivity contribution in [3.8, 4) is 6.07 Å². The van der Waals surface area contributed by atoms with E-state index in [-0.39, 0.29) is 5.41 Å². The number of rotatable bonds is 9. The predicted octanol–water partition coefficient (Wildman–Crippen LogP) is 2.88. The summed E-state index contributed by atoms with van der Waals surface area (Å²) in [6, 6.07) is 2.92. The molecule has 0 amide bonds. The van der Waals surface area contributed by atoms with E-state index in [1.165, 1.54) is 0 Å². The summed E-state index contributed by atoms with van der Waals surface area (Å²) in [5, 5.41) is 12.6. The standard InChI is InChI=1S/C15H31N3/c1-13(2)14(11-18(5)6)17-10-8-7-9-15(3,4)12-16/h13-14,17H,7-11H2,1-6H3. The van der Waals surface area contributed by atoms with Crippen molar-refractivity contribution >= 4 is 0 Å². The van der Waals surface area contributed by atoms with Crippen molar-refractivity contribution < 1.29 is 0 Å². The quantitative estimate of drug-likeness (QED) is 0.642. The average Bonchev–Trinajstić information content (AvgIpc) is 2.26. The van der Waals surface area contributed by atoms with Crippen LogP contribution in [0.1, 0.15) is 47.0 Å². The zero-order valence-corrected chi connectivity index (χ0v) is 13.1. The number of nitrogens with one attached hydrogen (secondary N) is 1. The highest BCUT2D eigenvalue weighted by atomic mass is 15.1. The zero-order valence-electron chi connectivity index (χ0n) is 13.1. The highest BCUT2D eigenvalue weighted by molar-refractivity contribution is 4.91. The summed E-state index contributed by atoms with van der Waals surface area (Å²) in [4.78, 5) is 2.23. The second-order valence-corrected chi connectivity index (χ2v) is 6.52. The van der Waals surface area contributed by atoms with Crippen molar-refractivity contribution in [3.63, 3.8) is 0 Å². The molecule has 18 heavy (non-hydrogen) atoms. The van der Waals surface area contributed by atoms with Crippen molar-refractivity contribution in [2.24, 2.45) is 11.3 Å². The first kappa shape index (κ1) is 17.4. The van der Waals surface area contributed by atoms with E-state index in [1.54, 1.807) is 0 Å². The van der Waals surface area contributed by atoms with Gasteiger partial charge in [0.25, 0.3) is 0 Å². The van der Waals surface area contributed by atoms with Gasteiger partial charge in [-0.2, -0.15) is 5.26 Å². The monoisotopic (exact) mass is 253 g/mol. The Bertz CT molecular complexity index is 251. The van der Waals surface area contributed by atoms with Gasteiger partial charge in [-0.1, -0.05) is 20.3 Å². The molecule has 0 radical (unpaired) electrons. The molecule has 0 heterocycles. The SMILES string of the molecule is CC(C)C(CN(C)C)NCCCCC(C)(C)C#N. The summed E-state index contributed by atoms with van der Waals surface area (Å²) in [7, 11) is 4.24. The van der Waals surface area contributed by atoms with E-state index in [0.717, 1.165) is 32.4 Å². The first-order valence-corrected chi connectivity index (χ1v) is 7.08. The molecule has 0 saturated heterocycles. The number of nitrogens with zero attached hydrogens (tertiary/aromatic N) is 2. The van der Waals surface area contributed by atoms with Crippen molar-refractivity contribution in [2.45, 2.75) is 53.0 Å². The van der Waals surface area contributed by atoms with Gasteiger partial charge in [-0.15, -0.1) is 0 Å². The molecule has 1 atom stereocenters. The van der Waals surface area contributed by atoms with Gasteiger partial charge in [0.15, 0.2) is 0 Å². The fourth-order valence-corrected chi connectivity index (χ4v) is 1.94. The molecule has 0 aromatic rings. The van der Waals surface area contributed by atoms with Gasteiger partial charge in [-0.05, 0) is 53.2 Å². The molecular formula is C15H31N3. The summed E-state index contributed by atoms with van der Waals surface area (Å²) in [5.74, 6) is 0.656. The molecule has 1 N–H and O–H groups in total. The largest absolute Gasteiger partial charge is 0.312 e. The van der Waals surface area contributed by atoms with E-state index in [2.05, 4.69) is 44.2 Å². The molecule has 0 aliphatic heterocycles. The van der Waals surface area contributed by atoms with Crippen LogP contribution in [0, 0.1) is 22.7 Å². The first-order valence-electron chi connectivity index (χ1n) is 7.08. The van der Waals surface area contributed by atoms with Gasteiger partial charge in [0.1, 0.15) is 0 Å². The van der Waals surface area contributed by atoms with Gasteiger partial charge >= 0.3 is 0 Å². The number of unbranched alkanes of at least 4 members (excludes halogenated alkanes) is 1. The Morgan fingerprint density at radius 3 is 2.28 bits per heavy atom. The lowest BCUT2D eigenvalue weighted by Gasteiger charge is -2.26.